The first-order valence-electron chi connectivity index (χ1n) is 6.91. The van der Waals surface area contributed by atoms with Gasteiger partial charge in [0.1, 0.15) is 11.5 Å². The molecule has 0 spiro atoms. The number of hydrogen-bond acceptors (Lipinski definition) is 7. The molecule has 0 aliphatic carbocycles. The summed E-state index contributed by atoms with van der Waals surface area (Å²) in [6, 6.07) is 4.55. The van der Waals surface area contributed by atoms with Crippen molar-refractivity contribution in [3.8, 4) is 11.5 Å². The third-order valence-corrected chi connectivity index (χ3v) is 2.69. The van der Waals surface area contributed by atoms with Gasteiger partial charge in [-0.3, -0.25) is 4.79 Å². The van der Waals surface area contributed by atoms with Crippen LogP contribution in [-0.2, 0) is 19.1 Å². The molecule has 7 nitrogen and oxygen atoms in total. The Morgan fingerprint density at radius 3 is 2.48 bits per heavy atom. The summed E-state index contributed by atoms with van der Waals surface area (Å²) in [5, 5.41) is 0. The predicted molar refractivity (Wildman–Crippen MR) is 80.2 cm³/mol. The van der Waals surface area contributed by atoms with Crippen molar-refractivity contribution < 1.29 is 33.3 Å². The highest BCUT2D eigenvalue weighted by atomic mass is 16.7. The lowest BCUT2D eigenvalue weighted by molar-refractivity contribution is -0.137. The molecule has 23 heavy (non-hydrogen) atoms. The maximum absolute atomic E-state index is 11.5. The van der Waals surface area contributed by atoms with Gasteiger partial charge >= 0.3 is 12.1 Å². The van der Waals surface area contributed by atoms with Gasteiger partial charge in [0.2, 0.25) is 0 Å². The van der Waals surface area contributed by atoms with E-state index in [2.05, 4.69) is 6.58 Å². The van der Waals surface area contributed by atoms with E-state index < -0.39 is 12.1 Å². The average Bonchev–Trinajstić information content (AvgIpc) is 2.53. The summed E-state index contributed by atoms with van der Waals surface area (Å²) in [4.78, 5) is 32.5. The number of rotatable bonds is 9. The molecule has 0 fully saturated rings. The van der Waals surface area contributed by atoms with Crippen LogP contribution < -0.4 is 9.47 Å². The topological polar surface area (TPSA) is 88.1 Å². The molecule has 0 radical (unpaired) electrons. The summed E-state index contributed by atoms with van der Waals surface area (Å²) in [6.07, 6.45) is 1.34. The molecular weight excluding hydrogens is 304 g/mol. The highest BCUT2D eigenvalue weighted by Gasteiger charge is 2.08. The van der Waals surface area contributed by atoms with Gasteiger partial charge in [-0.2, -0.15) is 0 Å². The number of hydrogen-bond donors (Lipinski definition) is 0. The number of benzene rings is 1. The van der Waals surface area contributed by atoms with Gasteiger partial charge in [-0.05, 0) is 43.5 Å². The first kappa shape index (κ1) is 18.2. The SMILES string of the molecule is C=CC(=O)OCCCCOC(=O)Oc1ccc(OC=O)c(C)c1. The number of unbranched alkanes of at least 4 members (excludes halogenated alkanes) is 1. The number of ether oxygens (including phenoxy) is 4. The third kappa shape index (κ3) is 7.12. The molecule has 1 rings (SSSR count). The Balaban J connectivity index is 2.26. The van der Waals surface area contributed by atoms with Crippen molar-refractivity contribution in [2.24, 2.45) is 0 Å². The van der Waals surface area contributed by atoms with E-state index in [0.717, 1.165) is 6.08 Å². The molecule has 0 heterocycles. The zero-order valence-electron chi connectivity index (χ0n) is 12.8. The summed E-state index contributed by atoms with van der Waals surface area (Å²) >= 11 is 0. The van der Waals surface area contributed by atoms with Gasteiger partial charge in [0, 0.05) is 6.08 Å². The minimum Gasteiger partial charge on any atom is -0.463 e. The molecular formula is C16H18O7. The third-order valence-electron chi connectivity index (χ3n) is 2.69. The molecule has 7 heteroatoms. The van der Waals surface area contributed by atoms with Gasteiger partial charge in [0.15, 0.2) is 0 Å². The molecule has 0 aromatic heterocycles. The minimum absolute atomic E-state index is 0.149. The van der Waals surface area contributed by atoms with Crippen LogP contribution in [0.3, 0.4) is 0 Å². The first-order valence-corrected chi connectivity index (χ1v) is 6.91. The van der Waals surface area contributed by atoms with E-state index in [1.165, 1.54) is 12.1 Å². The van der Waals surface area contributed by atoms with Crippen LogP contribution >= 0.6 is 0 Å². The van der Waals surface area contributed by atoms with Crippen LogP contribution in [0.15, 0.2) is 30.9 Å². The molecule has 0 aliphatic rings. The fraction of sp³-hybridized carbons (Fsp3) is 0.312. The highest BCUT2D eigenvalue weighted by Crippen LogP contribution is 2.23. The monoisotopic (exact) mass is 322 g/mol. The maximum Gasteiger partial charge on any atom is 0.513 e. The van der Waals surface area contributed by atoms with Gasteiger partial charge < -0.3 is 18.9 Å². The van der Waals surface area contributed by atoms with Crippen LogP contribution in [0.5, 0.6) is 11.5 Å². The Hall–Kier alpha value is -2.83. The smallest absolute Gasteiger partial charge is 0.463 e. The van der Waals surface area contributed by atoms with E-state index in [4.69, 9.17) is 18.9 Å². The van der Waals surface area contributed by atoms with Crippen LogP contribution in [0.2, 0.25) is 0 Å². The molecule has 0 atom stereocenters. The Morgan fingerprint density at radius 1 is 1.17 bits per heavy atom. The summed E-state index contributed by atoms with van der Waals surface area (Å²) in [7, 11) is 0. The highest BCUT2D eigenvalue weighted by molar-refractivity contribution is 5.81. The van der Waals surface area contributed by atoms with Gasteiger partial charge in [-0.1, -0.05) is 6.58 Å². The van der Waals surface area contributed by atoms with E-state index in [1.807, 2.05) is 0 Å². The van der Waals surface area contributed by atoms with Crippen LogP contribution in [-0.4, -0.2) is 31.8 Å². The van der Waals surface area contributed by atoms with E-state index >= 15 is 0 Å². The fourth-order valence-electron chi connectivity index (χ4n) is 1.59. The van der Waals surface area contributed by atoms with Crippen molar-refractivity contribution in [1.82, 2.24) is 0 Å². The molecule has 1 aromatic rings. The average molecular weight is 322 g/mol. The molecule has 1 aromatic carbocycles. The lowest BCUT2D eigenvalue weighted by atomic mass is 10.2. The first-order chi connectivity index (χ1) is 11.1. The van der Waals surface area contributed by atoms with Crippen molar-refractivity contribution >= 4 is 18.6 Å². The van der Waals surface area contributed by atoms with Crippen molar-refractivity contribution in [3.63, 3.8) is 0 Å². The van der Waals surface area contributed by atoms with Crippen molar-refractivity contribution in [3.05, 3.63) is 36.4 Å². The Bertz CT molecular complexity index is 566. The van der Waals surface area contributed by atoms with E-state index in [-0.39, 0.29) is 19.0 Å². The number of aryl methyl sites for hydroxylation is 1. The lowest BCUT2D eigenvalue weighted by Gasteiger charge is -2.08. The Morgan fingerprint density at radius 2 is 1.87 bits per heavy atom. The van der Waals surface area contributed by atoms with Crippen molar-refractivity contribution in [1.29, 1.82) is 0 Å². The van der Waals surface area contributed by atoms with Gasteiger partial charge in [-0.15, -0.1) is 0 Å². The van der Waals surface area contributed by atoms with Gasteiger partial charge in [0.05, 0.1) is 13.2 Å². The van der Waals surface area contributed by atoms with Crippen molar-refractivity contribution in [2.45, 2.75) is 19.8 Å². The van der Waals surface area contributed by atoms with Crippen LogP contribution in [0.4, 0.5) is 4.79 Å². The van der Waals surface area contributed by atoms with E-state index in [1.54, 1.807) is 13.0 Å². The molecule has 0 saturated heterocycles. The van der Waals surface area contributed by atoms with Gasteiger partial charge in [-0.25, -0.2) is 9.59 Å². The second-order valence-electron chi connectivity index (χ2n) is 4.42. The summed E-state index contributed by atoms with van der Waals surface area (Å²) < 4.78 is 19.4. The quantitative estimate of drug-likeness (QED) is 0.227. The largest absolute Gasteiger partial charge is 0.513 e. The summed E-state index contributed by atoms with van der Waals surface area (Å²) in [5.41, 5.74) is 0.645. The second-order valence-corrected chi connectivity index (χ2v) is 4.42. The zero-order valence-corrected chi connectivity index (χ0v) is 12.8. The maximum atomic E-state index is 11.5. The zero-order chi connectivity index (χ0) is 17.1. The number of carbonyl (C=O) groups is 3. The molecule has 0 aliphatic heterocycles. The second kappa shape index (κ2) is 9.99. The summed E-state index contributed by atoms with van der Waals surface area (Å²) in [5.74, 6) is 0.183. The van der Waals surface area contributed by atoms with E-state index in [0.29, 0.717) is 30.6 Å². The molecule has 124 valence electrons. The molecule has 0 saturated carbocycles. The molecule has 0 unspecified atom stereocenters. The van der Waals surface area contributed by atoms with Crippen LogP contribution in [0, 0.1) is 6.92 Å². The van der Waals surface area contributed by atoms with Gasteiger partial charge in [0.25, 0.3) is 6.47 Å². The van der Waals surface area contributed by atoms with E-state index in [9.17, 15) is 14.4 Å². The predicted octanol–water partition coefficient (Wildman–Crippen LogP) is 2.56. The van der Waals surface area contributed by atoms with Crippen LogP contribution in [0.25, 0.3) is 0 Å². The lowest BCUT2D eigenvalue weighted by Crippen LogP contribution is -2.12. The standard InChI is InChI=1S/C16H18O7/c1-3-15(18)20-8-4-5-9-21-16(19)23-13-6-7-14(22-11-17)12(2)10-13/h3,6-7,10-11H,1,4-5,8-9H2,2H3. The van der Waals surface area contributed by atoms with Crippen molar-refractivity contribution in [2.75, 3.05) is 13.2 Å². The fourth-order valence-corrected chi connectivity index (χ4v) is 1.59. The normalized spacial score (nSPS) is 9.61. The molecule has 0 N–H and O–H groups in total. The minimum atomic E-state index is -0.837. The molecule has 0 bridgehead atoms. The summed E-state index contributed by atoms with van der Waals surface area (Å²) in [6.45, 7) is 5.69. The number of esters is 1. The number of carbonyl (C=O) groups excluding carboxylic acids is 3. The van der Waals surface area contributed by atoms with Crippen LogP contribution in [0.1, 0.15) is 18.4 Å². The Labute approximate surface area is 133 Å². The molecule has 0 amide bonds. The Kier molecular flexibility index (Phi) is 7.91.